The highest BCUT2D eigenvalue weighted by atomic mass is 16.5. The van der Waals surface area contributed by atoms with Crippen LogP contribution in [0.1, 0.15) is 46.0 Å². The lowest BCUT2D eigenvalue weighted by Crippen LogP contribution is -2.29. The third kappa shape index (κ3) is 3.61. The van der Waals surface area contributed by atoms with Crippen molar-refractivity contribution in [2.75, 3.05) is 6.61 Å². The van der Waals surface area contributed by atoms with E-state index in [0.29, 0.717) is 12.0 Å². The maximum atomic E-state index is 10.8. The third-order valence-electron chi connectivity index (χ3n) is 4.68. The standard InChI is InChI=1S/C16H26O4/c1-16(2,9-15(18)19)8-4-3-5-11-12(10-17)14-7-6-13(11)20-14/h3-4,11-14,17H,5-10H2,1-2H3,(H,18,19)/b4-3-/t11-,12+,13-,14+/m0/s1. The van der Waals surface area contributed by atoms with E-state index in [2.05, 4.69) is 12.2 Å². The Labute approximate surface area is 120 Å². The van der Waals surface area contributed by atoms with Crippen LogP contribution in [0.5, 0.6) is 0 Å². The molecule has 114 valence electrons. The van der Waals surface area contributed by atoms with Crippen molar-refractivity contribution in [1.29, 1.82) is 0 Å². The Morgan fingerprint density at radius 1 is 1.25 bits per heavy atom. The Morgan fingerprint density at radius 2 is 1.90 bits per heavy atom. The maximum Gasteiger partial charge on any atom is 0.303 e. The van der Waals surface area contributed by atoms with E-state index in [1.54, 1.807) is 0 Å². The average molecular weight is 282 g/mol. The number of hydrogen-bond donors (Lipinski definition) is 2. The first-order chi connectivity index (χ1) is 9.43. The lowest BCUT2D eigenvalue weighted by Gasteiger charge is -2.25. The zero-order valence-corrected chi connectivity index (χ0v) is 12.4. The van der Waals surface area contributed by atoms with Gasteiger partial charge in [-0.15, -0.1) is 0 Å². The molecule has 0 saturated carbocycles. The van der Waals surface area contributed by atoms with Gasteiger partial charge in [0.05, 0.1) is 18.6 Å². The molecule has 2 aliphatic heterocycles. The fraction of sp³-hybridized carbons (Fsp3) is 0.812. The summed E-state index contributed by atoms with van der Waals surface area (Å²) in [5.74, 6) is -0.0340. The van der Waals surface area contributed by atoms with E-state index in [-0.39, 0.29) is 30.5 Å². The molecule has 4 atom stereocenters. The predicted molar refractivity (Wildman–Crippen MR) is 76.4 cm³/mol. The molecule has 20 heavy (non-hydrogen) atoms. The summed E-state index contributed by atoms with van der Waals surface area (Å²) in [6.45, 7) is 4.16. The fourth-order valence-electron chi connectivity index (χ4n) is 3.59. The molecule has 2 bridgehead atoms. The minimum Gasteiger partial charge on any atom is -0.481 e. The summed E-state index contributed by atoms with van der Waals surface area (Å²) >= 11 is 0. The van der Waals surface area contributed by atoms with Crippen molar-refractivity contribution in [2.45, 2.75) is 58.2 Å². The number of allylic oxidation sites excluding steroid dienone is 2. The Bertz CT molecular complexity index is 375. The van der Waals surface area contributed by atoms with Crippen LogP contribution >= 0.6 is 0 Å². The summed E-state index contributed by atoms with van der Waals surface area (Å²) in [4.78, 5) is 10.8. The summed E-state index contributed by atoms with van der Waals surface area (Å²) in [5.41, 5.74) is -0.204. The predicted octanol–water partition coefficient (Wildman–Crippen LogP) is 2.61. The smallest absolute Gasteiger partial charge is 0.303 e. The molecule has 4 heteroatoms. The van der Waals surface area contributed by atoms with Crippen LogP contribution in [0.3, 0.4) is 0 Å². The van der Waals surface area contributed by atoms with Crippen LogP contribution in [-0.2, 0) is 9.53 Å². The van der Waals surface area contributed by atoms with Crippen molar-refractivity contribution < 1.29 is 19.7 Å². The summed E-state index contributed by atoms with van der Waals surface area (Å²) in [7, 11) is 0. The molecule has 2 N–H and O–H groups in total. The molecule has 4 nitrogen and oxygen atoms in total. The molecule has 2 rings (SSSR count). The quantitative estimate of drug-likeness (QED) is 0.704. The van der Waals surface area contributed by atoms with Gasteiger partial charge in [0, 0.05) is 12.5 Å². The van der Waals surface area contributed by atoms with E-state index in [4.69, 9.17) is 9.84 Å². The number of carboxylic acid groups (broad SMARTS) is 1. The van der Waals surface area contributed by atoms with Crippen LogP contribution in [-0.4, -0.2) is 35.0 Å². The number of ether oxygens (including phenoxy) is 1. The van der Waals surface area contributed by atoms with Crippen LogP contribution < -0.4 is 0 Å². The summed E-state index contributed by atoms with van der Waals surface area (Å²) in [6, 6.07) is 0. The van der Waals surface area contributed by atoms with Crippen molar-refractivity contribution >= 4 is 5.97 Å². The maximum absolute atomic E-state index is 10.8. The van der Waals surface area contributed by atoms with Gasteiger partial charge in [-0.3, -0.25) is 4.79 Å². The number of carboxylic acids is 1. The Hall–Kier alpha value is -0.870. The summed E-state index contributed by atoms with van der Waals surface area (Å²) in [5, 5.41) is 18.3. The second kappa shape index (κ2) is 6.27. The molecule has 2 saturated heterocycles. The van der Waals surface area contributed by atoms with Crippen LogP contribution in [0.15, 0.2) is 12.2 Å². The van der Waals surface area contributed by atoms with Crippen LogP contribution in [0, 0.1) is 17.3 Å². The molecule has 0 amide bonds. The summed E-state index contributed by atoms with van der Waals surface area (Å²) < 4.78 is 5.87. The van der Waals surface area contributed by atoms with E-state index in [9.17, 15) is 9.90 Å². The molecule has 0 aliphatic carbocycles. The first kappa shape index (κ1) is 15.5. The van der Waals surface area contributed by atoms with Crippen LogP contribution in [0.25, 0.3) is 0 Å². The van der Waals surface area contributed by atoms with Crippen molar-refractivity contribution in [2.24, 2.45) is 17.3 Å². The molecule has 0 aromatic rings. The number of aliphatic hydroxyl groups is 1. The highest BCUT2D eigenvalue weighted by Crippen LogP contribution is 2.44. The number of rotatable bonds is 7. The molecule has 0 unspecified atom stereocenters. The fourth-order valence-corrected chi connectivity index (χ4v) is 3.59. The van der Waals surface area contributed by atoms with Gasteiger partial charge in [0.1, 0.15) is 0 Å². The molecule has 0 spiro atoms. The number of aliphatic carboxylic acids is 1. The third-order valence-corrected chi connectivity index (χ3v) is 4.68. The van der Waals surface area contributed by atoms with Gasteiger partial charge in [-0.25, -0.2) is 0 Å². The first-order valence-electron chi connectivity index (χ1n) is 7.56. The van der Waals surface area contributed by atoms with Gasteiger partial charge in [-0.2, -0.15) is 0 Å². The number of aliphatic hydroxyl groups excluding tert-OH is 1. The van der Waals surface area contributed by atoms with Gasteiger partial charge in [0.25, 0.3) is 0 Å². The second-order valence-electron chi connectivity index (χ2n) is 6.95. The Balaban J connectivity index is 1.80. The molecule has 0 radical (unpaired) electrons. The minimum atomic E-state index is -0.745. The minimum absolute atomic E-state index is 0.188. The highest BCUT2D eigenvalue weighted by Gasteiger charge is 2.47. The number of hydrogen-bond acceptors (Lipinski definition) is 3. The van der Waals surface area contributed by atoms with Crippen molar-refractivity contribution in [3.8, 4) is 0 Å². The zero-order valence-electron chi connectivity index (χ0n) is 12.4. The summed E-state index contributed by atoms with van der Waals surface area (Å²) in [6.07, 6.45) is 8.88. The molecule has 2 aliphatic rings. The average Bonchev–Trinajstić information content (AvgIpc) is 2.93. The SMILES string of the molecule is CC(C)(C/C=C\C[C@H]1[C@@H](CO)[C@H]2CC[C@@H]1O2)CC(=O)O. The van der Waals surface area contributed by atoms with Gasteiger partial charge in [-0.1, -0.05) is 26.0 Å². The molecule has 0 aromatic heterocycles. The topological polar surface area (TPSA) is 66.8 Å². The van der Waals surface area contributed by atoms with Gasteiger partial charge in [-0.05, 0) is 37.0 Å². The number of fused-ring (bicyclic) bond motifs is 2. The van der Waals surface area contributed by atoms with E-state index >= 15 is 0 Å². The van der Waals surface area contributed by atoms with E-state index in [1.165, 1.54) is 0 Å². The molecular weight excluding hydrogens is 256 g/mol. The van der Waals surface area contributed by atoms with Crippen molar-refractivity contribution in [3.63, 3.8) is 0 Å². The Kier molecular flexibility index (Phi) is 4.86. The van der Waals surface area contributed by atoms with Gasteiger partial charge >= 0.3 is 5.97 Å². The largest absolute Gasteiger partial charge is 0.481 e. The van der Waals surface area contributed by atoms with E-state index < -0.39 is 5.97 Å². The van der Waals surface area contributed by atoms with Gasteiger partial charge in [0.2, 0.25) is 0 Å². The second-order valence-corrected chi connectivity index (χ2v) is 6.95. The Morgan fingerprint density at radius 3 is 2.50 bits per heavy atom. The lowest BCUT2D eigenvalue weighted by molar-refractivity contribution is -0.139. The normalized spacial score (nSPS) is 33.1. The van der Waals surface area contributed by atoms with E-state index in [1.807, 2.05) is 13.8 Å². The van der Waals surface area contributed by atoms with Crippen molar-refractivity contribution in [1.82, 2.24) is 0 Å². The highest BCUT2D eigenvalue weighted by molar-refractivity contribution is 5.67. The molecule has 2 fully saturated rings. The van der Waals surface area contributed by atoms with Crippen molar-refractivity contribution in [3.05, 3.63) is 12.2 Å². The first-order valence-corrected chi connectivity index (χ1v) is 7.56. The van der Waals surface area contributed by atoms with E-state index in [0.717, 1.165) is 25.7 Å². The van der Waals surface area contributed by atoms with Gasteiger partial charge in [0.15, 0.2) is 0 Å². The lowest BCUT2D eigenvalue weighted by atomic mass is 9.77. The molecule has 0 aromatic carbocycles. The number of carbonyl (C=O) groups is 1. The van der Waals surface area contributed by atoms with Gasteiger partial charge < -0.3 is 14.9 Å². The monoisotopic (exact) mass is 282 g/mol. The van der Waals surface area contributed by atoms with Crippen LogP contribution in [0.2, 0.25) is 0 Å². The molecule has 2 heterocycles. The van der Waals surface area contributed by atoms with Crippen LogP contribution in [0.4, 0.5) is 0 Å². The zero-order chi connectivity index (χ0) is 14.8. The molecular formula is C16H26O4.